The maximum Gasteiger partial charge on any atom is 0.234 e. The third-order valence-corrected chi connectivity index (χ3v) is 2.37. The first-order valence-corrected chi connectivity index (χ1v) is 4.67. The molecule has 0 saturated carbocycles. The van der Waals surface area contributed by atoms with E-state index in [2.05, 4.69) is 15.0 Å². The molecule has 5 nitrogen and oxygen atoms in total. The van der Waals surface area contributed by atoms with Crippen LogP contribution in [0.1, 0.15) is 5.69 Å². The zero-order valence-corrected chi connectivity index (χ0v) is 7.96. The summed E-state index contributed by atoms with van der Waals surface area (Å²) >= 11 is 0. The molecule has 0 aliphatic rings. The molecule has 3 aromatic heterocycles. The van der Waals surface area contributed by atoms with Crippen molar-refractivity contribution >= 4 is 16.8 Å². The Hall–Kier alpha value is -2.01. The molecule has 0 amide bonds. The first-order chi connectivity index (χ1) is 7.40. The molecule has 15 heavy (non-hydrogen) atoms. The Balaban J connectivity index is 2.53. The zero-order chi connectivity index (χ0) is 10.3. The molecule has 0 aliphatic heterocycles. The lowest BCUT2D eigenvalue weighted by Crippen LogP contribution is -1.99. The van der Waals surface area contributed by atoms with Crippen molar-refractivity contribution in [1.29, 1.82) is 0 Å². The van der Waals surface area contributed by atoms with Crippen molar-refractivity contribution in [2.75, 3.05) is 0 Å². The molecule has 0 bridgehead atoms. The molecule has 3 rings (SSSR count). The summed E-state index contributed by atoms with van der Waals surface area (Å²) in [6.45, 7) is 0.390. The van der Waals surface area contributed by atoms with Crippen molar-refractivity contribution in [3.05, 3.63) is 36.4 Å². The standard InChI is InChI=1S/C10H9N5/c11-6-7-9-8(2-4-12-7)15-5-1-3-13-10(15)14-9/h1-5H,6,11H2. The highest BCUT2D eigenvalue weighted by atomic mass is 15.1. The minimum atomic E-state index is 0.390. The first-order valence-electron chi connectivity index (χ1n) is 4.67. The van der Waals surface area contributed by atoms with Crippen molar-refractivity contribution in [2.45, 2.75) is 6.54 Å². The van der Waals surface area contributed by atoms with Crippen molar-refractivity contribution in [2.24, 2.45) is 5.73 Å². The number of nitrogens with zero attached hydrogens (tertiary/aromatic N) is 4. The Morgan fingerprint density at radius 2 is 2.20 bits per heavy atom. The van der Waals surface area contributed by atoms with Gasteiger partial charge in [0.2, 0.25) is 5.78 Å². The van der Waals surface area contributed by atoms with E-state index in [9.17, 15) is 0 Å². The van der Waals surface area contributed by atoms with Crippen molar-refractivity contribution in [3.63, 3.8) is 0 Å². The lowest BCUT2D eigenvalue weighted by atomic mass is 10.3. The van der Waals surface area contributed by atoms with E-state index in [1.807, 2.05) is 22.7 Å². The number of aromatic nitrogens is 4. The van der Waals surface area contributed by atoms with E-state index < -0.39 is 0 Å². The number of rotatable bonds is 1. The second kappa shape index (κ2) is 2.99. The monoisotopic (exact) mass is 199 g/mol. The average Bonchev–Trinajstić information content (AvgIpc) is 2.67. The second-order valence-corrected chi connectivity index (χ2v) is 3.23. The molecular formula is C10H9N5. The van der Waals surface area contributed by atoms with E-state index in [-0.39, 0.29) is 0 Å². The van der Waals surface area contributed by atoms with Crippen molar-refractivity contribution in [1.82, 2.24) is 19.4 Å². The quantitative estimate of drug-likeness (QED) is 0.627. The summed E-state index contributed by atoms with van der Waals surface area (Å²) in [6, 6.07) is 3.78. The number of nitrogens with two attached hydrogens (primary N) is 1. The van der Waals surface area contributed by atoms with Crippen LogP contribution in [-0.4, -0.2) is 19.4 Å². The molecule has 0 unspecified atom stereocenters. The van der Waals surface area contributed by atoms with E-state index in [1.165, 1.54) is 0 Å². The van der Waals surface area contributed by atoms with Gasteiger partial charge in [0.05, 0.1) is 11.2 Å². The number of fused-ring (bicyclic) bond motifs is 3. The van der Waals surface area contributed by atoms with Crippen LogP contribution in [0.3, 0.4) is 0 Å². The normalized spacial score (nSPS) is 11.3. The molecule has 0 aromatic carbocycles. The van der Waals surface area contributed by atoms with E-state index in [1.54, 1.807) is 12.4 Å². The van der Waals surface area contributed by atoms with Gasteiger partial charge in [-0.15, -0.1) is 0 Å². The maximum absolute atomic E-state index is 5.61. The average molecular weight is 199 g/mol. The van der Waals surface area contributed by atoms with Gasteiger partial charge in [0.25, 0.3) is 0 Å². The molecule has 3 heterocycles. The number of imidazole rings is 1. The molecular weight excluding hydrogens is 190 g/mol. The van der Waals surface area contributed by atoms with E-state index in [0.717, 1.165) is 16.7 Å². The summed E-state index contributed by atoms with van der Waals surface area (Å²) in [4.78, 5) is 12.8. The van der Waals surface area contributed by atoms with Gasteiger partial charge in [-0.2, -0.15) is 0 Å². The van der Waals surface area contributed by atoms with Gasteiger partial charge in [-0.05, 0) is 12.1 Å². The molecule has 3 aromatic rings. The van der Waals surface area contributed by atoms with Crippen LogP contribution in [0.15, 0.2) is 30.7 Å². The minimum Gasteiger partial charge on any atom is -0.325 e. The molecule has 5 heteroatoms. The number of pyridine rings is 1. The summed E-state index contributed by atoms with van der Waals surface area (Å²) in [7, 11) is 0. The van der Waals surface area contributed by atoms with Crippen LogP contribution in [0.4, 0.5) is 0 Å². The van der Waals surface area contributed by atoms with Gasteiger partial charge < -0.3 is 5.73 Å². The van der Waals surface area contributed by atoms with Crippen molar-refractivity contribution < 1.29 is 0 Å². The third-order valence-electron chi connectivity index (χ3n) is 2.37. The van der Waals surface area contributed by atoms with Gasteiger partial charge in [0, 0.05) is 25.1 Å². The molecule has 0 spiro atoms. The second-order valence-electron chi connectivity index (χ2n) is 3.23. The SMILES string of the molecule is NCc1nccc2c1nc1ncccn12. The molecule has 0 atom stereocenters. The van der Waals surface area contributed by atoms with Gasteiger partial charge in [0.15, 0.2) is 0 Å². The summed E-state index contributed by atoms with van der Waals surface area (Å²) < 4.78 is 1.93. The van der Waals surface area contributed by atoms with Gasteiger partial charge in [0.1, 0.15) is 5.52 Å². The lowest BCUT2D eigenvalue weighted by molar-refractivity contribution is 1.00. The maximum atomic E-state index is 5.61. The summed E-state index contributed by atoms with van der Waals surface area (Å²) in [5, 5.41) is 0. The predicted octanol–water partition coefficient (Wildman–Crippen LogP) is 0.736. The van der Waals surface area contributed by atoms with Gasteiger partial charge in [-0.25, -0.2) is 9.97 Å². The highest BCUT2D eigenvalue weighted by Gasteiger charge is 2.08. The van der Waals surface area contributed by atoms with E-state index >= 15 is 0 Å². The Bertz CT molecular complexity index is 628. The smallest absolute Gasteiger partial charge is 0.234 e. The largest absolute Gasteiger partial charge is 0.325 e. The van der Waals surface area contributed by atoms with Crippen LogP contribution in [0.5, 0.6) is 0 Å². The summed E-state index contributed by atoms with van der Waals surface area (Å²) in [5.74, 6) is 0.676. The fourth-order valence-electron chi connectivity index (χ4n) is 1.69. The Morgan fingerprint density at radius 1 is 1.27 bits per heavy atom. The predicted molar refractivity (Wildman–Crippen MR) is 56.2 cm³/mol. The minimum absolute atomic E-state index is 0.390. The highest BCUT2D eigenvalue weighted by Crippen LogP contribution is 2.16. The van der Waals surface area contributed by atoms with E-state index in [4.69, 9.17) is 5.73 Å². The number of hydrogen-bond acceptors (Lipinski definition) is 4. The van der Waals surface area contributed by atoms with Gasteiger partial charge >= 0.3 is 0 Å². The van der Waals surface area contributed by atoms with Crippen LogP contribution < -0.4 is 5.73 Å². The summed E-state index contributed by atoms with van der Waals surface area (Å²) in [6.07, 6.45) is 5.39. The number of hydrogen-bond donors (Lipinski definition) is 1. The highest BCUT2D eigenvalue weighted by molar-refractivity contribution is 5.81. The van der Waals surface area contributed by atoms with Crippen LogP contribution in [0, 0.1) is 0 Å². The van der Waals surface area contributed by atoms with Crippen LogP contribution >= 0.6 is 0 Å². The molecule has 0 saturated heterocycles. The fourth-order valence-corrected chi connectivity index (χ4v) is 1.69. The molecule has 0 radical (unpaired) electrons. The first kappa shape index (κ1) is 8.31. The lowest BCUT2D eigenvalue weighted by Gasteiger charge is -1.96. The van der Waals surface area contributed by atoms with E-state index in [0.29, 0.717) is 12.3 Å². The van der Waals surface area contributed by atoms with Crippen LogP contribution in [0.2, 0.25) is 0 Å². The van der Waals surface area contributed by atoms with Crippen LogP contribution in [-0.2, 0) is 6.54 Å². The fraction of sp³-hybridized carbons (Fsp3) is 0.100. The Kier molecular flexibility index (Phi) is 1.66. The Morgan fingerprint density at radius 3 is 3.07 bits per heavy atom. The molecule has 2 N–H and O–H groups in total. The van der Waals surface area contributed by atoms with Crippen LogP contribution in [0.25, 0.3) is 16.8 Å². The van der Waals surface area contributed by atoms with Gasteiger partial charge in [-0.3, -0.25) is 9.38 Å². The zero-order valence-electron chi connectivity index (χ0n) is 7.96. The molecule has 74 valence electrons. The van der Waals surface area contributed by atoms with Crippen molar-refractivity contribution in [3.8, 4) is 0 Å². The topological polar surface area (TPSA) is 69.1 Å². The summed E-state index contributed by atoms with van der Waals surface area (Å²) in [5.41, 5.74) is 8.24. The third kappa shape index (κ3) is 1.10. The molecule has 0 fully saturated rings. The van der Waals surface area contributed by atoms with Gasteiger partial charge in [-0.1, -0.05) is 0 Å². The Labute approximate surface area is 85.6 Å². The molecule has 0 aliphatic carbocycles.